The molecule has 1 unspecified atom stereocenters. The average molecular weight is 194 g/mol. The van der Waals surface area contributed by atoms with Gasteiger partial charge in [0.2, 0.25) is 0 Å². The van der Waals surface area contributed by atoms with Crippen LogP contribution in [0.5, 0.6) is 0 Å². The van der Waals surface area contributed by atoms with Crippen molar-refractivity contribution in [1.82, 2.24) is 14.9 Å². The van der Waals surface area contributed by atoms with Crippen molar-refractivity contribution in [3.8, 4) is 0 Å². The number of nitrogens with zero attached hydrogens (tertiary/aromatic N) is 3. The van der Waals surface area contributed by atoms with Crippen LogP contribution in [0.4, 0.5) is 5.82 Å². The van der Waals surface area contributed by atoms with E-state index in [0.29, 0.717) is 6.04 Å². The van der Waals surface area contributed by atoms with Gasteiger partial charge in [-0.2, -0.15) is 0 Å². The SMILES string of the molecule is Cc1cc(NC(C)CN(C)C)ncn1. The number of anilines is 1. The topological polar surface area (TPSA) is 41.0 Å². The molecule has 0 aliphatic carbocycles. The molecule has 0 aliphatic heterocycles. The lowest BCUT2D eigenvalue weighted by atomic mass is 10.3. The monoisotopic (exact) mass is 194 g/mol. The van der Waals surface area contributed by atoms with Crippen molar-refractivity contribution < 1.29 is 0 Å². The Balaban J connectivity index is 2.51. The molecule has 0 radical (unpaired) electrons. The summed E-state index contributed by atoms with van der Waals surface area (Å²) in [6.07, 6.45) is 1.58. The van der Waals surface area contributed by atoms with Crippen LogP contribution in [0.1, 0.15) is 12.6 Å². The van der Waals surface area contributed by atoms with Crippen LogP contribution >= 0.6 is 0 Å². The van der Waals surface area contributed by atoms with E-state index < -0.39 is 0 Å². The van der Waals surface area contributed by atoms with Gasteiger partial charge in [0.15, 0.2) is 0 Å². The Kier molecular flexibility index (Phi) is 3.83. The van der Waals surface area contributed by atoms with E-state index in [1.807, 2.05) is 13.0 Å². The third kappa shape index (κ3) is 3.70. The first kappa shape index (κ1) is 10.9. The van der Waals surface area contributed by atoms with E-state index in [-0.39, 0.29) is 0 Å². The summed E-state index contributed by atoms with van der Waals surface area (Å²) in [6.45, 7) is 5.09. The lowest BCUT2D eigenvalue weighted by Gasteiger charge is -2.18. The van der Waals surface area contributed by atoms with Gasteiger partial charge >= 0.3 is 0 Å². The maximum absolute atomic E-state index is 4.15. The molecule has 4 nitrogen and oxygen atoms in total. The van der Waals surface area contributed by atoms with Crippen LogP contribution in [-0.2, 0) is 0 Å². The minimum Gasteiger partial charge on any atom is -0.366 e. The Hall–Kier alpha value is -1.16. The van der Waals surface area contributed by atoms with Gasteiger partial charge in [-0.25, -0.2) is 9.97 Å². The minimum atomic E-state index is 0.388. The molecule has 1 rings (SSSR count). The highest BCUT2D eigenvalue weighted by Gasteiger charge is 2.03. The second-order valence-corrected chi connectivity index (χ2v) is 3.85. The van der Waals surface area contributed by atoms with Crippen LogP contribution in [-0.4, -0.2) is 41.5 Å². The number of likely N-dealkylation sites (N-methyl/N-ethyl adjacent to an activating group) is 1. The first-order valence-electron chi connectivity index (χ1n) is 4.78. The molecule has 0 aromatic carbocycles. The zero-order chi connectivity index (χ0) is 10.6. The van der Waals surface area contributed by atoms with Crippen molar-refractivity contribution >= 4 is 5.82 Å². The van der Waals surface area contributed by atoms with Gasteiger partial charge in [-0.15, -0.1) is 0 Å². The number of aryl methyl sites for hydroxylation is 1. The first-order valence-corrected chi connectivity index (χ1v) is 4.78. The Morgan fingerprint density at radius 2 is 2.14 bits per heavy atom. The molecule has 1 atom stereocenters. The summed E-state index contributed by atoms with van der Waals surface area (Å²) in [7, 11) is 4.12. The summed E-state index contributed by atoms with van der Waals surface area (Å²) in [5.41, 5.74) is 0.986. The van der Waals surface area contributed by atoms with Gasteiger partial charge in [0.05, 0.1) is 0 Å². The lowest BCUT2D eigenvalue weighted by Crippen LogP contribution is -2.29. The molecule has 1 aromatic rings. The predicted octanol–water partition coefficient (Wildman–Crippen LogP) is 1.15. The van der Waals surface area contributed by atoms with Gasteiger partial charge in [0, 0.05) is 24.3 Å². The highest BCUT2D eigenvalue weighted by Crippen LogP contribution is 2.04. The zero-order valence-electron chi connectivity index (χ0n) is 9.28. The number of hydrogen-bond donors (Lipinski definition) is 1. The van der Waals surface area contributed by atoms with Crippen LogP contribution in [0.25, 0.3) is 0 Å². The van der Waals surface area contributed by atoms with Crippen LogP contribution in [0.15, 0.2) is 12.4 Å². The molecule has 1 N–H and O–H groups in total. The third-order valence-corrected chi connectivity index (χ3v) is 1.84. The van der Waals surface area contributed by atoms with Crippen molar-refractivity contribution in [2.75, 3.05) is 26.0 Å². The van der Waals surface area contributed by atoms with Gasteiger partial charge < -0.3 is 10.2 Å². The molecule has 0 saturated carbocycles. The molecule has 1 aromatic heterocycles. The summed E-state index contributed by atoms with van der Waals surface area (Å²) in [5.74, 6) is 0.895. The molecule has 0 spiro atoms. The summed E-state index contributed by atoms with van der Waals surface area (Å²) in [4.78, 5) is 10.3. The Bertz CT molecular complexity index is 285. The molecule has 0 amide bonds. The summed E-state index contributed by atoms with van der Waals surface area (Å²) >= 11 is 0. The second kappa shape index (κ2) is 4.91. The highest BCUT2D eigenvalue weighted by atomic mass is 15.1. The summed E-state index contributed by atoms with van der Waals surface area (Å²) in [6, 6.07) is 2.34. The third-order valence-electron chi connectivity index (χ3n) is 1.84. The second-order valence-electron chi connectivity index (χ2n) is 3.85. The average Bonchev–Trinajstić information content (AvgIpc) is 2.01. The van der Waals surface area contributed by atoms with Crippen molar-refractivity contribution in [3.05, 3.63) is 18.1 Å². The maximum atomic E-state index is 4.15. The van der Waals surface area contributed by atoms with Crippen LogP contribution in [0, 0.1) is 6.92 Å². The number of aromatic nitrogens is 2. The maximum Gasteiger partial charge on any atom is 0.129 e. The largest absolute Gasteiger partial charge is 0.366 e. The molecular formula is C10H18N4. The van der Waals surface area contributed by atoms with Gasteiger partial charge in [-0.3, -0.25) is 0 Å². The van der Waals surface area contributed by atoms with E-state index in [0.717, 1.165) is 18.1 Å². The van der Waals surface area contributed by atoms with Gasteiger partial charge in [-0.05, 0) is 27.9 Å². The first-order chi connectivity index (χ1) is 6.58. The van der Waals surface area contributed by atoms with Crippen molar-refractivity contribution in [2.24, 2.45) is 0 Å². The van der Waals surface area contributed by atoms with E-state index >= 15 is 0 Å². The van der Waals surface area contributed by atoms with E-state index in [4.69, 9.17) is 0 Å². The predicted molar refractivity (Wildman–Crippen MR) is 58.4 cm³/mol. The number of hydrogen-bond acceptors (Lipinski definition) is 4. The smallest absolute Gasteiger partial charge is 0.129 e. The van der Waals surface area contributed by atoms with E-state index in [1.165, 1.54) is 0 Å². The molecule has 78 valence electrons. The van der Waals surface area contributed by atoms with Crippen molar-refractivity contribution in [3.63, 3.8) is 0 Å². The standard InChI is InChI=1S/C10H18N4/c1-8-5-10(12-7-11-8)13-9(2)6-14(3)4/h5,7,9H,6H2,1-4H3,(H,11,12,13). The Morgan fingerprint density at radius 1 is 1.43 bits per heavy atom. The molecule has 0 fully saturated rings. The molecule has 0 bridgehead atoms. The normalized spacial score (nSPS) is 12.9. The molecule has 0 aliphatic rings. The lowest BCUT2D eigenvalue weighted by molar-refractivity contribution is 0.392. The van der Waals surface area contributed by atoms with Crippen LogP contribution in [0.2, 0.25) is 0 Å². The van der Waals surface area contributed by atoms with Gasteiger partial charge in [0.1, 0.15) is 12.1 Å². The highest BCUT2D eigenvalue weighted by molar-refractivity contribution is 5.35. The number of rotatable bonds is 4. The Morgan fingerprint density at radius 3 is 2.71 bits per heavy atom. The summed E-state index contributed by atoms with van der Waals surface area (Å²) in [5, 5.41) is 3.32. The fraction of sp³-hybridized carbons (Fsp3) is 0.600. The summed E-state index contributed by atoms with van der Waals surface area (Å²) < 4.78 is 0. The number of nitrogens with one attached hydrogen (secondary N) is 1. The van der Waals surface area contributed by atoms with E-state index in [9.17, 15) is 0 Å². The van der Waals surface area contributed by atoms with Gasteiger partial charge in [0.25, 0.3) is 0 Å². The molecule has 1 heterocycles. The quantitative estimate of drug-likeness (QED) is 0.780. The fourth-order valence-corrected chi connectivity index (χ4v) is 1.38. The van der Waals surface area contributed by atoms with Crippen LogP contribution < -0.4 is 5.32 Å². The van der Waals surface area contributed by atoms with Crippen molar-refractivity contribution in [1.29, 1.82) is 0 Å². The molecule has 4 heteroatoms. The molecule has 0 saturated heterocycles. The molecule has 14 heavy (non-hydrogen) atoms. The van der Waals surface area contributed by atoms with E-state index in [1.54, 1.807) is 6.33 Å². The van der Waals surface area contributed by atoms with Crippen molar-refractivity contribution in [2.45, 2.75) is 19.9 Å². The fourth-order valence-electron chi connectivity index (χ4n) is 1.38. The zero-order valence-corrected chi connectivity index (χ0v) is 9.28. The van der Waals surface area contributed by atoms with Gasteiger partial charge in [-0.1, -0.05) is 0 Å². The van der Waals surface area contributed by atoms with Crippen LogP contribution in [0.3, 0.4) is 0 Å². The minimum absolute atomic E-state index is 0.388. The van der Waals surface area contributed by atoms with E-state index in [2.05, 4.69) is 41.2 Å². The molecular weight excluding hydrogens is 176 g/mol. The Labute approximate surface area is 85.4 Å².